The second-order valence-electron chi connectivity index (χ2n) is 6.29. The molecule has 0 saturated heterocycles. The van der Waals surface area contributed by atoms with E-state index in [2.05, 4.69) is 5.32 Å². The van der Waals surface area contributed by atoms with Gasteiger partial charge in [-0.2, -0.15) is 17.5 Å². The van der Waals surface area contributed by atoms with Crippen LogP contribution in [0.2, 0.25) is 0 Å². The number of alkyl halides is 5. The molecule has 29 heavy (non-hydrogen) atoms. The van der Waals surface area contributed by atoms with Crippen LogP contribution in [0.5, 0.6) is 0 Å². The van der Waals surface area contributed by atoms with Crippen molar-refractivity contribution in [3.8, 4) is 0 Å². The van der Waals surface area contributed by atoms with Gasteiger partial charge in [0, 0.05) is 0 Å². The number of rotatable bonds is 7. The van der Waals surface area contributed by atoms with Gasteiger partial charge in [-0.1, -0.05) is 18.2 Å². The van der Waals surface area contributed by atoms with Crippen molar-refractivity contribution in [1.82, 2.24) is 9.62 Å². The van der Waals surface area contributed by atoms with Crippen LogP contribution in [0.3, 0.4) is 0 Å². The van der Waals surface area contributed by atoms with Crippen molar-refractivity contribution in [2.75, 3.05) is 6.54 Å². The lowest BCUT2D eigenvalue weighted by molar-refractivity contribution is -0.138. The number of hydrogen-bond acceptors (Lipinski definition) is 4. The molecule has 1 aliphatic rings. The molecule has 0 aromatic heterocycles. The SMILES string of the molecule is CC1(N(CC(F)F)S(=O)(=O)Cc2ccccc2C(F)(F)F)NC=CC=C1C(=O)O. The lowest BCUT2D eigenvalue weighted by Gasteiger charge is -2.42. The summed E-state index contributed by atoms with van der Waals surface area (Å²) in [6, 6.07) is 3.85. The zero-order valence-corrected chi connectivity index (χ0v) is 15.8. The maximum absolute atomic E-state index is 13.2. The molecule has 1 aromatic carbocycles. The summed E-state index contributed by atoms with van der Waals surface area (Å²) >= 11 is 0. The molecule has 1 atom stereocenters. The zero-order valence-electron chi connectivity index (χ0n) is 15.0. The first-order valence-electron chi connectivity index (χ1n) is 8.11. The number of carbonyl (C=O) groups is 1. The quantitative estimate of drug-likeness (QED) is 0.637. The molecule has 2 rings (SSSR count). The van der Waals surface area contributed by atoms with E-state index >= 15 is 0 Å². The summed E-state index contributed by atoms with van der Waals surface area (Å²) in [5.41, 5.74) is -4.57. The number of carboxylic acids is 1. The molecule has 0 bridgehead atoms. The molecule has 1 unspecified atom stereocenters. The van der Waals surface area contributed by atoms with Crippen LogP contribution in [0.4, 0.5) is 22.0 Å². The summed E-state index contributed by atoms with van der Waals surface area (Å²) < 4.78 is 92.0. The largest absolute Gasteiger partial charge is 0.478 e. The molecule has 1 aromatic rings. The van der Waals surface area contributed by atoms with Crippen LogP contribution in [0.1, 0.15) is 18.1 Å². The highest BCUT2D eigenvalue weighted by atomic mass is 32.2. The number of allylic oxidation sites excluding steroid dienone is 2. The molecule has 0 amide bonds. The van der Waals surface area contributed by atoms with Crippen molar-refractivity contribution in [1.29, 1.82) is 0 Å². The fourth-order valence-electron chi connectivity index (χ4n) is 2.98. The number of hydrogen-bond donors (Lipinski definition) is 2. The molecule has 6 nitrogen and oxygen atoms in total. The van der Waals surface area contributed by atoms with E-state index in [1.807, 2.05) is 0 Å². The van der Waals surface area contributed by atoms with Gasteiger partial charge in [0.05, 0.1) is 23.4 Å². The Morgan fingerprint density at radius 2 is 1.90 bits per heavy atom. The Balaban J connectivity index is 2.55. The number of aliphatic carboxylic acids is 1. The molecule has 1 aliphatic heterocycles. The summed E-state index contributed by atoms with van der Waals surface area (Å²) in [7, 11) is -4.82. The highest BCUT2D eigenvalue weighted by Crippen LogP contribution is 2.35. The maximum atomic E-state index is 13.2. The predicted molar refractivity (Wildman–Crippen MR) is 93.2 cm³/mol. The van der Waals surface area contributed by atoms with Gasteiger partial charge in [0.15, 0.2) is 0 Å². The minimum atomic E-state index is -4.86. The Labute approximate surface area is 163 Å². The van der Waals surface area contributed by atoms with Crippen LogP contribution in [0, 0.1) is 0 Å². The van der Waals surface area contributed by atoms with Crippen LogP contribution >= 0.6 is 0 Å². The Bertz CT molecular complexity index is 943. The van der Waals surface area contributed by atoms with Crippen molar-refractivity contribution < 1.29 is 40.3 Å². The minimum absolute atomic E-state index is 0.182. The lowest BCUT2D eigenvalue weighted by atomic mass is 9.98. The number of benzene rings is 1. The van der Waals surface area contributed by atoms with Crippen LogP contribution in [-0.4, -0.2) is 42.4 Å². The van der Waals surface area contributed by atoms with Gasteiger partial charge in [-0.3, -0.25) is 0 Å². The van der Waals surface area contributed by atoms with Gasteiger partial charge in [0.25, 0.3) is 6.43 Å². The number of sulfonamides is 1. The van der Waals surface area contributed by atoms with Crippen LogP contribution in [-0.2, 0) is 26.7 Å². The minimum Gasteiger partial charge on any atom is -0.478 e. The molecule has 160 valence electrons. The smallest absolute Gasteiger partial charge is 0.416 e. The molecule has 0 saturated carbocycles. The molecule has 1 heterocycles. The van der Waals surface area contributed by atoms with E-state index in [4.69, 9.17) is 0 Å². The number of carboxylic acid groups (broad SMARTS) is 1. The van der Waals surface area contributed by atoms with Gasteiger partial charge >= 0.3 is 12.1 Å². The summed E-state index contributed by atoms with van der Waals surface area (Å²) in [6.07, 6.45) is -4.65. The van der Waals surface area contributed by atoms with E-state index in [9.17, 15) is 40.3 Å². The standard InChI is InChI=1S/C17H17F5N2O4S/c1-16(13(15(25)26)7-4-8-23-16)24(9-14(18)19)29(27,28)10-11-5-2-3-6-12(11)17(20,21)22/h2-8,14,23H,9-10H2,1H3,(H,25,26). The Morgan fingerprint density at radius 1 is 1.28 bits per heavy atom. The van der Waals surface area contributed by atoms with E-state index in [1.165, 1.54) is 12.1 Å². The predicted octanol–water partition coefficient (Wildman–Crippen LogP) is 2.95. The first-order chi connectivity index (χ1) is 13.3. The van der Waals surface area contributed by atoms with Crippen molar-refractivity contribution >= 4 is 16.0 Å². The van der Waals surface area contributed by atoms with Gasteiger partial charge in [-0.05, 0) is 36.9 Å². The normalized spacial score (nSPS) is 19.9. The summed E-state index contributed by atoms with van der Waals surface area (Å²) in [5.74, 6) is -2.82. The summed E-state index contributed by atoms with van der Waals surface area (Å²) in [6.45, 7) is -0.371. The topological polar surface area (TPSA) is 86.7 Å². The van der Waals surface area contributed by atoms with Gasteiger partial charge in [-0.25, -0.2) is 22.0 Å². The molecular formula is C17H17F5N2O4S. The van der Waals surface area contributed by atoms with E-state index < -0.39 is 63.3 Å². The van der Waals surface area contributed by atoms with E-state index in [0.29, 0.717) is 6.07 Å². The molecule has 0 spiro atoms. The van der Waals surface area contributed by atoms with E-state index in [-0.39, 0.29) is 4.31 Å². The van der Waals surface area contributed by atoms with E-state index in [1.54, 1.807) is 0 Å². The first kappa shape index (κ1) is 22.8. The van der Waals surface area contributed by atoms with Crippen molar-refractivity contribution in [3.05, 3.63) is 59.3 Å². The first-order valence-corrected chi connectivity index (χ1v) is 9.72. The Morgan fingerprint density at radius 3 is 2.45 bits per heavy atom. The molecular weight excluding hydrogens is 423 g/mol. The van der Waals surface area contributed by atoms with E-state index in [0.717, 1.165) is 31.3 Å². The monoisotopic (exact) mass is 440 g/mol. The van der Waals surface area contributed by atoms with Crippen LogP contribution < -0.4 is 5.32 Å². The van der Waals surface area contributed by atoms with Crippen molar-refractivity contribution in [2.24, 2.45) is 0 Å². The Kier molecular flexibility index (Phi) is 6.38. The molecule has 12 heteroatoms. The lowest BCUT2D eigenvalue weighted by Crippen LogP contribution is -2.61. The number of nitrogens with zero attached hydrogens (tertiary/aromatic N) is 1. The van der Waals surface area contributed by atoms with Gasteiger partial charge in [-0.15, -0.1) is 0 Å². The third-order valence-electron chi connectivity index (χ3n) is 4.28. The number of nitrogens with one attached hydrogen (secondary N) is 1. The van der Waals surface area contributed by atoms with Crippen LogP contribution in [0.15, 0.2) is 48.2 Å². The fraction of sp³-hybridized carbons (Fsp3) is 0.353. The highest BCUT2D eigenvalue weighted by Gasteiger charge is 2.47. The molecule has 0 radical (unpaired) electrons. The molecule has 2 N–H and O–H groups in total. The summed E-state index contributed by atoms with van der Waals surface area (Å²) in [4.78, 5) is 11.5. The third-order valence-corrected chi connectivity index (χ3v) is 6.14. The van der Waals surface area contributed by atoms with Gasteiger partial charge in [0.1, 0.15) is 5.66 Å². The molecule has 0 fully saturated rings. The maximum Gasteiger partial charge on any atom is 0.416 e. The average molecular weight is 440 g/mol. The zero-order chi connectivity index (χ0) is 22.0. The third kappa shape index (κ3) is 4.93. The van der Waals surface area contributed by atoms with Crippen molar-refractivity contribution in [3.63, 3.8) is 0 Å². The highest BCUT2D eigenvalue weighted by molar-refractivity contribution is 7.88. The fourth-order valence-corrected chi connectivity index (χ4v) is 4.83. The number of dihydropyridines is 1. The van der Waals surface area contributed by atoms with Gasteiger partial charge in [0.2, 0.25) is 10.0 Å². The van der Waals surface area contributed by atoms with Crippen LogP contribution in [0.25, 0.3) is 0 Å². The average Bonchev–Trinajstić information content (AvgIpc) is 2.58. The Hall–Kier alpha value is -2.47. The second-order valence-corrected chi connectivity index (χ2v) is 8.19. The van der Waals surface area contributed by atoms with Crippen molar-refractivity contribution in [2.45, 2.75) is 30.9 Å². The molecule has 0 aliphatic carbocycles. The second kappa shape index (κ2) is 8.11. The summed E-state index contributed by atoms with van der Waals surface area (Å²) in [5, 5.41) is 11.8. The number of halogens is 5. The van der Waals surface area contributed by atoms with Gasteiger partial charge < -0.3 is 10.4 Å².